The Morgan fingerprint density at radius 1 is 1.25 bits per heavy atom. The molecule has 1 unspecified atom stereocenters. The van der Waals surface area contributed by atoms with E-state index >= 15 is 0 Å². The highest BCUT2D eigenvalue weighted by atomic mass is 32.2. The van der Waals surface area contributed by atoms with Crippen LogP contribution in [0.5, 0.6) is 5.75 Å². The average Bonchev–Trinajstić information content (AvgIpc) is 3.45. The number of benzene rings is 2. The molecular formula is C22H22F2N4O3S. The maximum absolute atomic E-state index is 13.8. The SMILES string of the molecule is COc1ccc(-c2nnc(SCC(=O)Nc3cc(F)ccc3F)n2CC2CCCO2)cc1. The summed E-state index contributed by atoms with van der Waals surface area (Å²) in [6, 6.07) is 10.4. The maximum atomic E-state index is 13.8. The molecule has 1 atom stereocenters. The molecule has 7 nitrogen and oxygen atoms in total. The second-order valence-corrected chi connectivity index (χ2v) is 8.18. The van der Waals surface area contributed by atoms with Crippen molar-refractivity contribution in [3.63, 3.8) is 0 Å². The number of carbonyl (C=O) groups excluding carboxylic acids is 1. The van der Waals surface area contributed by atoms with E-state index in [9.17, 15) is 13.6 Å². The molecule has 4 rings (SSSR count). The summed E-state index contributed by atoms with van der Waals surface area (Å²) < 4.78 is 40.1. The van der Waals surface area contributed by atoms with Gasteiger partial charge in [0, 0.05) is 18.2 Å². The van der Waals surface area contributed by atoms with Gasteiger partial charge in [-0.15, -0.1) is 10.2 Å². The van der Waals surface area contributed by atoms with Gasteiger partial charge in [-0.05, 0) is 49.2 Å². The molecule has 1 amide bonds. The number of aromatic nitrogens is 3. The van der Waals surface area contributed by atoms with E-state index in [2.05, 4.69) is 15.5 Å². The van der Waals surface area contributed by atoms with Crippen LogP contribution in [0.15, 0.2) is 47.6 Å². The number of halogens is 2. The van der Waals surface area contributed by atoms with Gasteiger partial charge in [-0.25, -0.2) is 8.78 Å². The quantitative estimate of drug-likeness (QED) is 0.509. The van der Waals surface area contributed by atoms with Crippen LogP contribution in [-0.2, 0) is 16.1 Å². The van der Waals surface area contributed by atoms with Crippen molar-refractivity contribution in [2.45, 2.75) is 30.6 Å². The molecule has 0 saturated carbocycles. The molecule has 3 aromatic rings. The lowest BCUT2D eigenvalue weighted by atomic mass is 10.2. The van der Waals surface area contributed by atoms with E-state index in [0.29, 0.717) is 17.5 Å². The molecule has 0 aliphatic carbocycles. The van der Waals surface area contributed by atoms with Crippen LogP contribution in [-0.4, -0.2) is 46.2 Å². The number of nitrogens with zero attached hydrogens (tertiary/aromatic N) is 3. The highest BCUT2D eigenvalue weighted by Crippen LogP contribution is 2.28. The number of methoxy groups -OCH3 is 1. The van der Waals surface area contributed by atoms with Gasteiger partial charge in [0.1, 0.15) is 17.4 Å². The van der Waals surface area contributed by atoms with E-state index in [0.717, 1.165) is 49.0 Å². The first-order valence-electron chi connectivity index (χ1n) is 10.1. The highest BCUT2D eigenvalue weighted by Gasteiger charge is 2.22. The van der Waals surface area contributed by atoms with E-state index in [1.165, 1.54) is 11.8 Å². The third kappa shape index (κ3) is 5.25. The number of nitrogens with one attached hydrogen (secondary N) is 1. The monoisotopic (exact) mass is 460 g/mol. The number of ether oxygens (including phenoxy) is 2. The first-order chi connectivity index (χ1) is 15.5. The van der Waals surface area contributed by atoms with Gasteiger partial charge in [0.15, 0.2) is 11.0 Å². The normalized spacial score (nSPS) is 15.7. The maximum Gasteiger partial charge on any atom is 0.234 e. The highest BCUT2D eigenvalue weighted by molar-refractivity contribution is 7.99. The Morgan fingerprint density at radius 3 is 2.78 bits per heavy atom. The lowest BCUT2D eigenvalue weighted by molar-refractivity contribution is -0.113. The van der Waals surface area contributed by atoms with Crippen molar-refractivity contribution >= 4 is 23.4 Å². The molecule has 2 heterocycles. The molecule has 0 radical (unpaired) electrons. The summed E-state index contributed by atoms with van der Waals surface area (Å²) in [4.78, 5) is 12.3. The predicted octanol–water partition coefficient (Wildman–Crippen LogP) is 4.14. The van der Waals surface area contributed by atoms with E-state index < -0.39 is 17.5 Å². The molecule has 10 heteroatoms. The van der Waals surface area contributed by atoms with Gasteiger partial charge < -0.3 is 14.8 Å². The number of hydrogen-bond donors (Lipinski definition) is 1. The van der Waals surface area contributed by atoms with Crippen LogP contribution < -0.4 is 10.1 Å². The zero-order valence-corrected chi connectivity index (χ0v) is 18.2. The summed E-state index contributed by atoms with van der Waals surface area (Å²) in [5.41, 5.74) is 0.657. The standard InChI is InChI=1S/C22H22F2N4O3S/c1-30-16-7-4-14(5-8-16)21-26-27-22(28(21)12-17-3-2-10-31-17)32-13-20(29)25-19-11-15(23)6-9-18(19)24/h4-9,11,17H,2-3,10,12-13H2,1H3,(H,25,29). The summed E-state index contributed by atoms with van der Waals surface area (Å²) in [6.45, 7) is 1.27. The Bertz CT molecular complexity index is 1090. The number of carbonyl (C=O) groups is 1. The molecule has 1 aromatic heterocycles. The number of anilines is 1. The number of rotatable bonds is 8. The summed E-state index contributed by atoms with van der Waals surface area (Å²) in [6.07, 6.45) is 1.97. The van der Waals surface area contributed by atoms with Crippen molar-refractivity contribution in [2.24, 2.45) is 0 Å². The Balaban J connectivity index is 1.51. The molecule has 32 heavy (non-hydrogen) atoms. The van der Waals surface area contributed by atoms with Crippen molar-refractivity contribution in [1.82, 2.24) is 14.8 Å². The molecule has 2 aromatic carbocycles. The lowest BCUT2D eigenvalue weighted by Gasteiger charge is -2.15. The molecular weight excluding hydrogens is 438 g/mol. The summed E-state index contributed by atoms with van der Waals surface area (Å²) in [7, 11) is 1.60. The topological polar surface area (TPSA) is 78.3 Å². The fraction of sp³-hybridized carbons (Fsp3) is 0.318. The fourth-order valence-electron chi connectivity index (χ4n) is 3.42. The van der Waals surface area contributed by atoms with Gasteiger partial charge >= 0.3 is 0 Å². The smallest absolute Gasteiger partial charge is 0.234 e. The largest absolute Gasteiger partial charge is 0.497 e. The van der Waals surface area contributed by atoms with E-state index in [-0.39, 0.29) is 17.5 Å². The zero-order valence-electron chi connectivity index (χ0n) is 17.4. The van der Waals surface area contributed by atoms with Gasteiger partial charge in [0.05, 0.1) is 31.2 Å². The fourth-order valence-corrected chi connectivity index (χ4v) is 4.16. The first-order valence-corrected chi connectivity index (χ1v) is 11.1. The number of amides is 1. The number of thioether (sulfide) groups is 1. The third-order valence-corrected chi connectivity index (χ3v) is 5.98. The minimum atomic E-state index is -0.701. The molecule has 168 valence electrons. The Kier molecular flexibility index (Phi) is 7.01. The van der Waals surface area contributed by atoms with E-state index in [4.69, 9.17) is 9.47 Å². The molecule has 1 saturated heterocycles. The third-order valence-electron chi connectivity index (χ3n) is 5.01. The molecule has 0 spiro atoms. The van der Waals surface area contributed by atoms with Crippen molar-refractivity contribution in [3.8, 4) is 17.1 Å². The van der Waals surface area contributed by atoms with Gasteiger partial charge in [-0.1, -0.05) is 11.8 Å². The van der Waals surface area contributed by atoms with Crippen LogP contribution in [0, 0.1) is 11.6 Å². The Labute approximate surface area is 188 Å². The van der Waals surface area contributed by atoms with Gasteiger partial charge in [-0.3, -0.25) is 9.36 Å². The van der Waals surface area contributed by atoms with Crippen molar-refractivity contribution in [1.29, 1.82) is 0 Å². The summed E-state index contributed by atoms with van der Waals surface area (Å²) in [5, 5.41) is 11.5. The molecule has 0 bridgehead atoms. The zero-order chi connectivity index (χ0) is 22.5. The van der Waals surface area contributed by atoms with Crippen molar-refractivity contribution in [2.75, 3.05) is 24.8 Å². The van der Waals surface area contributed by atoms with Crippen LogP contribution >= 0.6 is 11.8 Å². The van der Waals surface area contributed by atoms with Crippen LogP contribution in [0.2, 0.25) is 0 Å². The lowest BCUT2D eigenvalue weighted by Crippen LogP contribution is -2.18. The predicted molar refractivity (Wildman–Crippen MR) is 117 cm³/mol. The average molecular weight is 461 g/mol. The van der Waals surface area contributed by atoms with Crippen LogP contribution in [0.1, 0.15) is 12.8 Å². The minimum Gasteiger partial charge on any atom is -0.497 e. The Hall–Kier alpha value is -2.98. The van der Waals surface area contributed by atoms with Crippen molar-refractivity contribution < 1.29 is 23.0 Å². The molecule has 1 aliphatic rings. The minimum absolute atomic E-state index is 0.0394. The van der Waals surface area contributed by atoms with Crippen molar-refractivity contribution in [3.05, 3.63) is 54.1 Å². The summed E-state index contributed by atoms with van der Waals surface area (Å²) in [5.74, 6) is -0.459. The van der Waals surface area contributed by atoms with E-state index in [1.54, 1.807) is 7.11 Å². The molecule has 1 aliphatic heterocycles. The van der Waals surface area contributed by atoms with Crippen LogP contribution in [0.3, 0.4) is 0 Å². The second-order valence-electron chi connectivity index (χ2n) is 7.24. The summed E-state index contributed by atoms with van der Waals surface area (Å²) >= 11 is 1.17. The van der Waals surface area contributed by atoms with Crippen LogP contribution in [0.25, 0.3) is 11.4 Å². The van der Waals surface area contributed by atoms with E-state index in [1.807, 2.05) is 28.8 Å². The van der Waals surface area contributed by atoms with Crippen LogP contribution in [0.4, 0.5) is 14.5 Å². The second kappa shape index (κ2) is 10.1. The van der Waals surface area contributed by atoms with Gasteiger partial charge in [0.2, 0.25) is 5.91 Å². The Morgan fingerprint density at radius 2 is 2.06 bits per heavy atom. The molecule has 1 fully saturated rings. The molecule has 1 N–H and O–H groups in total. The van der Waals surface area contributed by atoms with Gasteiger partial charge in [0.25, 0.3) is 0 Å². The first kappa shape index (κ1) is 22.2. The van der Waals surface area contributed by atoms with Gasteiger partial charge in [-0.2, -0.15) is 0 Å². The number of hydrogen-bond acceptors (Lipinski definition) is 6.